The molecule has 0 saturated carbocycles. The predicted octanol–water partition coefficient (Wildman–Crippen LogP) is 3.68. The number of carbonyl (C=O) groups is 1. The van der Waals surface area contributed by atoms with E-state index >= 15 is 0 Å². The van der Waals surface area contributed by atoms with Gasteiger partial charge >= 0.3 is 6.36 Å². The summed E-state index contributed by atoms with van der Waals surface area (Å²) in [7, 11) is 0. The van der Waals surface area contributed by atoms with Gasteiger partial charge in [-0.1, -0.05) is 0 Å². The fraction of sp³-hybridized carbons (Fsp3) is 0.421. The van der Waals surface area contributed by atoms with Gasteiger partial charge in [0.2, 0.25) is 5.88 Å². The average Bonchev–Trinajstić information content (AvgIpc) is 2.60. The number of likely N-dealkylation sites (tertiary alicyclic amines) is 1. The maximum Gasteiger partial charge on any atom is 0.573 e. The van der Waals surface area contributed by atoms with Crippen LogP contribution < -0.4 is 9.47 Å². The number of amides is 1. The van der Waals surface area contributed by atoms with E-state index in [9.17, 15) is 18.0 Å². The lowest BCUT2D eigenvalue weighted by molar-refractivity contribution is -0.274. The molecule has 0 unspecified atom stereocenters. The highest BCUT2D eigenvalue weighted by molar-refractivity contribution is 5.94. The SMILES string of the molecule is Cc1cc(OC2CCN(C(=O)c3ccc(OC(F)(F)F)cc3)CC2)nc(C)n1. The highest BCUT2D eigenvalue weighted by Crippen LogP contribution is 2.24. The van der Waals surface area contributed by atoms with E-state index < -0.39 is 6.36 Å². The predicted molar refractivity (Wildman–Crippen MR) is 94.2 cm³/mol. The number of aryl methyl sites for hydroxylation is 2. The quantitative estimate of drug-likeness (QED) is 0.790. The van der Waals surface area contributed by atoms with E-state index in [2.05, 4.69) is 14.7 Å². The molecule has 1 fully saturated rings. The Morgan fingerprint density at radius 2 is 1.75 bits per heavy atom. The minimum Gasteiger partial charge on any atom is -0.474 e. The van der Waals surface area contributed by atoms with Crippen LogP contribution in [0.5, 0.6) is 11.6 Å². The second-order valence-electron chi connectivity index (χ2n) is 6.58. The van der Waals surface area contributed by atoms with Gasteiger partial charge in [-0.15, -0.1) is 13.2 Å². The molecule has 1 aromatic carbocycles. The zero-order valence-electron chi connectivity index (χ0n) is 15.5. The lowest BCUT2D eigenvalue weighted by Crippen LogP contribution is -2.41. The lowest BCUT2D eigenvalue weighted by Gasteiger charge is -2.32. The zero-order chi connectivity index (χ0) is 20.3. The smallest absolute Gasteiger partial charge is 0.474 e. The number of halogens is 3. The number of nitrogens with zero attached hydrogens (tertiary/aromatic N) is 3. The highest BCUT2D eigenvalue weighted by atomic mass is 19.4. The van der Waals surface area contributed by atoms with Crippen molar-refractivity contribution >= 4 is 5.91 Å². The van der Waals surface area contributed by atoms with Crippen molar-refractivity contribution in [1.82, 2.24) is 14.9 Å². The van der Waals surface area contributed by atoms with Gasteiger partial charge in [-0.05, 0) is 38.1 Å². The fourth-order valence-electron chi connectivity index (χ4n) is 3.07. The summed E-state index contributed by atoms with van der Waals surface area (Å²) in [5.41, 5.74) is 1.14. The standard InChI is InChI=1S/C19H20F3N3O3/c1-12-11-17(24-13(2)23-12)27-15-7-9-25(10-8-15)18(26)14-3-5-16(6-4-14)28-19(20,21)22/h3-6,11,15H,7-10H2,1-2H3. The summed E-state index contributed by atoms with van der Waals surface area (Å²) in [6, 6.07) is 6.71. The summed E-state index contributed by atoms with van der Waals surface area (Å²) in [4.78, 5) is 22.7. The Bertz CT molecular complexity index is 812. The molecule has 2 heterocycles. The first-order valence-corrected chi connectivity index (χ1v) is 8.83. The third-order valence-corrected chi connectivity index (χ3v) is 4.29. The summed E-state index contributed by atoms with van der Waals surface area (Å²) < 4.78 is 46.4. The van der Waals surface area contributed by atoms with E-state index in [-0.39, 0.29) is 17.8 Å². The zero-order valence-corrected chi connectivity index (χ0v) is 15.5. The Labute approximate surface area is 160 Å². The van der Waals surface area contributed by atoms with Gasteiger partial charge in [-0.3, -0.25) is 4.79 Å². The van der Waals surface area contributed by atoms with Gasteiger partial charge in [0.05, 0.1) is 0 Å². The molecule has 0 bridgehead atoms. The number of rotatable bonds is 4. The Balaban J connectivity index is 1.54. The largest absolute Gasteiger partial charge is 0.573 e. The number of alkyl halides is 3. The van der Waals surface area contributed by atoms with Gasteiger partial charge in [0, 0.05) is 43.3 Å². The summed E-state index contributed by atoms with van der Waals surface area (Å²) >= 11 is 0. The van der Waals surface area contributed by atoms with Crippen LogP contribution in [0.2, 0.25) is 0 Å². The van der Waals surface area contributed by atoms with Crippen molar-refractivity contribution in [3.05, 3.63) is 47.4 Å². The number of hydrogen-bond donors (Lipinski definition) is 0. The number of benzene rings is 1. The first-order valence-electron chi connectivity index (χ1n) is 8.83. The molecule has 0 radical (unpaired) electrons. The molecule has 3 rings (SSSR count). The van der Waals surface area contributed by atoms with Crippen molar-refractivity contribution in [3.63, 3.8) is 0 Å². The molecule has 1 saturated heterocycles. The highest BCUT2D eigenvalue weighted by Gasteiger charge is 2.31. The fourth-order valence-corrected chi connectivity index (χ4v) is 3.07. The van der Waals surface area contributed by atoms with E-state index in [0.717, 1.165) is 17.8 Å². The molecule has 0 aliphatic carbocycles. The Morgan fingerprint density at radius 1 is 1.11 bits per heavy atom. The minimum atomic E-state index is -4.76. The van der Waals surface area contributed by atoms with Crippen LogP contribution in [-0.2, 0) is 0 Å². The van der Waals surface area contributed by atoms with Crippen LogP contribution in [0.15, 0.2) is 30.3 Å². The number of ether oxygens (including phenoxy) is 2. The van der Waals surface area contributed by atoms with E-state index in [1.807, 2.05) is 6.92 Å². The van der Waals surface area contributed by atoms with Crippen LogP contribution in [0.4, 0.5) is 13.2 Å². The number of aromatic nitrogens is 2. The molecule has 6 nitrogen and oxygen atoms in total. The van der Waals surface area contributed by atoms with Crippen molar-refractivity contribution < 1.29 is 27.4 Å². The van der Waals surface area contributed by atoms with E-state index in [1.165, 1.54) is 12.1 Å². The molecule has 1 amide bonds. The first-order chi connectivity index (χ1) is 13.2. The topological polar surface area (TPSA) is 64.5 Å². The van der Waals surface area contributed by atoms with Crippen LogP contribution >= 0.6 is 0 Å². The second kappa shape index (κ2) is 8.04. The molecule has 1 aliphatic heterocycles. The van der Waals surface area contributed by atoms with Crippen molar-refractivity contribution in [3.8, 4) is 11.6 Å². The van der Waals surface area contributed by atoms with E-state index in [1.54, 1.807) is 17.9 Å². The number of piperidine rings is 1. The summed E-state index contributed by atoms with van der Waals surface area (Å²) in [5.74, 6) is 0.577. The monoisotopic (exact) mass is 395 g/mol. The third-order valence-electron chi connectivity index (χ3n) is 4.29. The molecule has 1 aliphatic rings. The number of hydrogen-bond acceptors (Lipinski definition) is 5. The van der Waals surface area contributed by atoms with Crippen LogP contribution in [0.1, 0.15) is 34.7 Å². The Hall–Kier alpha value is -2.84. The Morgan fingerprint density at radius 3 is 2.32 bits per heavy atom. The molecular weight excluding hydrogens is 375 g/mol. The lowest BCUT2D eigenvalue weighted by atomic mass is 10.1. The van der Waals surface area contributed by atoms with Crippen LogP contribution in [0.3, 0.4) is 0 Å². The van der Waals surface area contributed by atoms with Crippen molar-refractivity contribution in [2.75, 3.05) is 13.1 Å². The van der Waals surface area contributed by atoms with Gasteiger partial charge in [0.15, 0.2) is 0 Å². The van der Waals surface area contributed by atoms with Gasteiger partial charge in [0.1, 0.15) is 17.7 Å². The first kappa shape index (κ1) is 19.9. The molecule has 28 heavy (non-hydrogen) atoms. The Kier molecular flexibility index (Phi) is 5.71. The molecule has 1 aromatic heterocycles. The summed E-state index contributed by atoms with van der Waals surface area (Å²) in [6.07, 6.45) is -3.53. The third kappa shape index (κ3) is 5.34. The minimum absolute atomic E-state index is 0.0553. The average molecular weight is 395 g/mol. The van der Waals surface area contributed by atoms with Crippen LogP contribution in [0.25, 0.3) is 0 Å². The molecule has 9 heteroatoms. The van der Waals surface area contributed by atoms with Crippen LogP contribution in [-0.4, -0.2) is 46.3 Å². The van der Waals surface area contributed by atoms with E-state index in [0.29, 0.717) is 43.2 Å². The normalized spacial score (nSPS) is 15.4. The molecule has 0 atom stereocenters. The molecule has 150 valence electrons. The maximum atomic E-state index is 12.6. The molecule has 0 spiro atoms. The number of carbonyl (C=O) groups excluding carboxylic acids is 1. The summed E-state index contributed by atoms with van der Waals surface area (Å²) in [6.45, 7) is 4.65. The summed E-state index contributed by atoms with van der Waals surface area (Å²) in [5, 5.41) is 0. The second-order valence-corrected chi connectivity index (χ2v) is 6.58. The molecule has 2 aromatic rings. The van der Waals surface area contributed by atoms with Gasteiger partial charge in [-0.2, -0.15) is 4.98 Å². The van der Waals surface area contributed by atoms with Crippen molar-refractivity contribution in [1.29, 1.82) is 0 Å². The molecular formula is C19H20F3N3O3. The van der Waals surface area contributed by atoms with Crippen molar-refractivity contribution in [2.24, 2.45) is 0 Å². The van der Waals surface area contributed by atoms with E-state index in [4.69, 9.17) is 4.74 Å². The van der Waals surface area contributed by atoms with Crippen LogP contribution in [0, 0.1) is 13.8 Å². The maximum absolute atomic E-state index is 12.6. The van der Waals surface area contributed by atoms with Gasteiger partial charge < -0.3 is 14.4 Å². The molecule has 0 N–H and O–H groups in total. The van der Waals surface area contributed by atoms with Gasteiger partial charge in [0.25, 0.3) is 5.91 Å². The van der Waals surface area contributed by atoms with Crippen molar-refractivity contribution in [2.45, 2.75) is 39.2 Å². The van der Waals surface area contributed by atoms with Gasteiger partial charge in [-0.25, -0.2) is 4.98 Å².